The van der Waals surface area contributed by atoms with Crippen molar-refractivity contribution >= 4 is 44.2 Å². The number of nitrogens with zero attached hydrogens (tertiary/aromatic N) is 2. The Hall–Kier alpha value is -3.93. The molecule has 0 spiro atoms. The van der Waals surface area contributed by atoms with Crippen molar-refractivity contribution in [2.75, 3.05) is 11.8 Å². The molecule has 0 aliphatic carbocycles. The Labute approximate surface area is 201 Å². The lowest BCUT2D eigenvalue weighted by molar-refractivity contribution is 0.0594. The minimum atomic E-state index is -3.99. The Bertz CT molecular complexity index is 1590. The second-order valence-corrected chi connectivity index (χ2v) is 9.28. The van der Waals surface area contributed by atoms with Crippen LogP contribution in [-0.4, -0.2) is 31.5 Å². The van der Waals surface area contributed by atoms with Gasteiger partial charge in [0.2, 0.25) is 0 Å². The monoisotopic (exact) mass is 491 g/mol. The number of fused-ring (bicyclic) bond motifs is 1. The number of hydrogen-bond acceptors (Lipinski definition) is 6. The van der Waals surface area contributed by atoms with Gasteiger partial charge in [-0.05, 0) is 42.8 Å². The van der Waals surface area contributed by atoms with Crippen LogP contribution < -0.4 is 4.72 Å². The number of para-hydroxylation sites is 2. The lowest BCUT2D eigenvalue weighted by atomic mass is 10.1. The van der Waals surface area contributed by atoms with Crippen molar-refractivity contribution in [1.29, 1.82) is 0 Å². The van der Waals surface area contributed by atoms with Crippen molar-refractivity contribution in [3.63, 3.8) is 0 Å². The Kier molecular flexibility index (Phi) is 6.50. The van der Waals surface area contributed by atoms with E-state index in [-0.39, 0.29) is 16.1 Å². The zero-order chi connectivity index (χ0) is 24.3. The zero-order valence-corrected chi connectivity index (χ0v) is 19.7. The topological polar surface area (TPSA) is 98.2 Å². The molecule has 0 saturated carbocycles. The van der Waals surface area contributed by atoms with E-state index in [1.165, 1.54) is 25.6 Å². The first-order chi connectivity index (χ1) is 16.3. The number of pyridine rings is 2. The SMILES string of the molecule is COC(=O)c1cc(C)c(C#Cc2ccccc2NS(=O)(=O)c2cccc3c(Cl)ccnc23)cn1. The molecule has 0 amide bonds. The molecular formula is C25H18ClN3O4S. The fourth-order valence-electron chi connectivity index (χ4n) is 3.25. The number of hydrogen-bond donors (Lipinski definition) is 1. The zero-order valence-electron chi connectivity index (χ0n) is 18.2. The highest BCUT2D eigenvalue weighted by molar-refractivity contribution is 7.93. The van der Waals surface area contributed by atoms with Crippen LogP contribution in [0.4, 0.5) is 5.69 Å². The quantitative estimate of drug-likeness (QED) is 0.331. The molecule has 4 rings (SSSR count). The van der Waals surface area contributed by atoms with Crippen LogP contribution in [0, 0.1) is 18.8 Å². The highest BCUT2D eigenvalue weighted by Crippen LogP contribution is 2.28. The van der Waals surface area contributed by atoms with E-state index >= 15 is 0 Å². The number of carbonyl (C=O) groups excluding carboxylic acids is 1. The third kappa shape index (κ3) is 4.71. The molecule has 7 nitrogen and oxygen atoms in total. The molecule has 0 bridgehead atoms. The van der Waals surface area contributed by atoms with Crippen LogP contribution in [-0.2, 0) is 14.8 Å². The molecule has 2 aromatic heterocycles. The van der Waals surface area contributed by atoms with Gasteiger partial charge in [-0.15, -0.1) is 0 Å². The Morgan fingerprint density at radius 1 is 1.03 bits per heavy atom. The maximum Gasteiger partial charge on any atom is 0.356 e. The van der Waals surface area contributed by atoms with E-state index in [1.54, 1.807) is 55.5 Å². The number of aryl methyl sites for hydroxylation is 1. The van der Waals surface area contributed by atoms with Gasteiger partial charge < -0.3 is 4.74 Å². The summed E-state index contributed by atoms with van der Waals surface area (Å²) < 4.78 is 33.8. The van der Waals surface area contributed by atoms with E-state index in [2.05, 4.69) is 31.3 Å². The van der Waals surface area contributed by atoms with Crippen molar-refractivity contribution < 1.29 is 17.9 Å². The number of aromatic nitrogens is 2. The van der Waals surface area contributed by atoms with Crippen molar-refractivity contribution in [3.05, 3.63) is 94.4 Å². The number of rotatable bonds is 4. The number of benzene rings is 2. The third-order valence-electron chi connectivity index (χ3n) is 4.98. The molecule has 1 N–H and O–H groups in total. The predicted octanol–water partition coefficient (Wildman–Crippen LogP) is 4.58. The Balaban J connectivity index is 1.69. The van der Waals surface area contributed by atoms with Gasteiger partial charge in [0.1, 0.15) is 10.6 Å². The average Bonchev–Trinajstić information content (AvgIpc) is 2.83. The molecule has 0 aliphatic heterocycles. The second-order valence-electron chi connectivity index (χ2n) is 7.22. The van der Waals surface area contributed by atoms with Gasteiger partial charge in [-0.3, -0.25) is 9.71 Å². The number of ether oxygens (including phenoxy) is 1. The van der Waals surface area contributed by atoms with Crippen LogP contribution in [0.2, 0.25) is 5.02 Å². The predicted molar refractivity (Wildman–Crippen MR) is 130 cm³/mol. The number of halogens is 1. The maximum absolute atomic E-state index is 13.2. The van der Waals surface area contributed by atoms with Crippen LogP contribution >= 0.6 is 11.6 Å². The molecule has 0 atom stereocenters. The number of anilines is 1. The molecule has 4 aromatic rings. The van der Waals surface area contributed by atoms with E-state index in [0.29, 0.717) is 27.2 Å². The van der Waals surface area contributed by atoms with Crippen LogP contribution in [0.1, 0.15) is 27.2 Å². The second kappa shape index (κ2) is 9.51. The van der Waals surface area contributed by atoms with Gasteiger partial charge in [0.05, 0.1) is 23.3 Å². The average molecular weight is 492 g/mol. The van der Waals surface area contributed by atoms with Gasteiger partial charge >= 0.3 is 5.97 Å². The van der Waals surface area contributed by atoms with Crippen molar-refractivity contribution in [3.8, 4) is 11.8 Å². The van der Waals surface area contributed by atoms with Crippen molar-refractivity contribution in [2.24, 2.45) is 0 Å². The lowest BCUT2D eigenvalue weighted by Crippen LogP contribution is -2.14. The smallest absolute Gasteiger partial charge is 0.356 e. The van der Waals surface area contributed by atoms with Crippen LogP contribution in [0.25, 0.3) is 10.9 Å². The van der Waals surface area contributed by atoms with Gasteiger partial charge in [0.25, 0.3) is 10.0 Å². The normalized spacial score (nSPS) is 10.9. The fraction of sp³-hybridized carbons (Fsp3) is 0.0800. The maximum atomic E-state index is 13.2. The minimum Gasteiger partial charge on any atom is -0.464 e. The highest BCUT2D eigenvalue weighted by Gasteiger charge is 2.20. The van der Waals surface area contributed by atoms with E-state index in [0.717, 1.165) is 5.56 Å². The molecule has 170 valence electrons. The van der Waals surface area contributed by atoms with Crippen LogP contribution in [0.15, 0.2) is 71.9 Å². The molecule has 2 aromatic carbocycles. The molecule has 0 saturated heterocycles. The lowest BCUT2D eigenvalue weighted by Gasteiger charge is -2.12. The first kappa shape index (κ1) is 23.2. The van der Waals surface area contributed by atoms with Crippen LogP contribution in [0.5, 0.6) is 0 Å². The van der Waals surface area contributed by atoms with Gasteiger partial charge in [0.15, 0.2) is 0 Å². The molecule has 0 aliphatic rings. The Morgan fingerprint density at radius 3 is 2.56 bits per heavy atom. The van der Waals surface area contributed by atoms with E-state index in [1.807, 2.05) is 0 Å². The summed E-state index contributed by atoms with van der Waals surface area (Å²) in [6.45, 7) is 1.80. The number of nitrogens with one attached hydrogen (secondary N) is 1. The van der Waals surface area contributed by atoms with Gasteiger partial charge in [-0.1, -0.05) is 47.7 Å². The standard InChI is InChI=1S/C25H18ClN3O4S/c1-16-14-22(25(30)33-2)28-15-18(16)11-10-17-6-3-4-8-21(17)29-34(31,32)23-9-5-7-19-20(26)12-13-27-24(19)23/h3-9,12-15,29H,1-2H3. The molecule has 34 heavy (non-hydrogen) atoms. The molecular weight excluding hydrogens is 474 g/mol. The number of carbonyl (C=O) groups is 1. The largest absolute Gasteiger partial charge is 0.464 e. The first-order valence-corrected chi connectivity index (χ1v) is 11.9. The molecule has 9 heteroatoms. The van der Waals surface area contributed by atoms with Crippen molar-refractivity contribution in [1.82, 2.24) is 9.97 Å². The minimum absolute atomic E-state index is 0.00806. The van der Waals surface area contributed by atoms with Gasteiger partial charge in [0, 0.05) is 28.9 Å². The van der Waals surface area contributed by atoms with Gasteiger partial charge in [-0.25, -0.2) is 18.2 Å². The third-order valence-corrected chi connectivity index (χ3v) is 6.71. The first-order valence-electron chi connectivity index (χ1n) is 10.0. The summed E-state index contributed by atoms with van der Waals surface area (Å²) in [5.41, 5.74) is 2.57. The molecule has 0 radical (unpaired) electrons. The van der Waals surface area contributed by atoms with E-state index in [9.17, 15) is 13.2 Å². The van der Waals surface area contributed by atoms with Crippen molar-refractivity contribution in [2.45, 2.75) is 11.8 Å². The summed E-state index contributed by atoms with van der Waals surface area (Å²) in [5, 5.41) is 0.953. The summed E-state index contributed by atoms with van der Waals surface area (Å²) in [6, 6.07) is 14.8. The number of sulfonamides is 1. The summed E-state index contributed by atoms with van der Waals surface area (Å²) in [4.78, 5) is 19.9. The summed E-state index contributed by atoms with van der Waals surface area (Å²) in [5.74, 6) is 5.44. The summed E-state index contributed by atoms with van der Waals surface area (Å²) in [7, 11) is -2.71. The highest BCUT2D eigenvalue weighted by atomic mass is 35.5. The molecule has 0 unspecified atom stereocenters. The van der Waals surface area contributed by atoms with Crippen LogP contribution in [0.3, 0.4) is 0 Å². The van der Waals surface area contributed by atoms with Gasteiger partial charge in [-0.2, -0.15) is 0 Å². The van der Waals surface area contributed by atoms with E-state index in [4.69, 9.17) is 11.6 Å². The molecule has 2 heterocycles. The molecule has 0 fully saturated rings. The fourth-order valence-corrected chi connectivity index (χ4v) is 4.71. The Morgan fingerprint density at radius 2 is 1.79 bits per heavy atom. The number of esters is 1. The van der Waals surface area contributed by atoms with E-state index < -0.39 is 16.0 Å². The summed E-state index contributed by atoms with van der Waals surface area (Å²) >= 11 is 6.21. The number of methoxy groups -OCH3 is 1. The summed E-state index contributed by atoms with van der Waals surface area (Å²) in [6.07, 6.45) is 2.94.